The first-order valence-corrected chi connectivity index (χ1v) is 15.1. The first kappa shape index (κ1) is 26.0. The van der Waals surface area contributed by atoms with Gasteiger partial charge in [0.05, 0.1) is 16.9 Å². The second-order valence-electron chi connectivity index (χ2n) is 12.4. The van der Waals surface area contributed by atoms with Crippen LogP contribution in [-0.2, 0) is 6.42 Å². The Morgan fingerprint density at radius 1 is 0.947 bits per heavy atom. The van der Waals surface area contributed by atoms with Crippen LogP contribution >= 0.6 is 11.6 Å². The summed E-state index contributed by atoms with van der Waals surface area (Å²) < 4.78 is 19.5. The number of ketones is 1. The van der Waals surface area contributed by atoms with Crippen molar-refractivity contribution in [1.82, 2.24) is 0 Å². The van der Waals surface area contributed by atoms with E-state index in [4.69, 9.17) is 25.5 Å². The van der Waals surface area contributed by atoms with Gasteiger partial charge in [-0.3, -0.25) is 4.79 Å². The van der Waals surface area contributed by atoms with Gasteiger partial charge in [0.2, 0.25) is 0 Å². The zero-order valence-electron chi connectivity index (χ0n) is 22.9. The SMILES string of the molecule is CCCc1c(Cl)c(=O)oc2c3c(c4c(c12)OC(C)(C)C=C4)OC(C1CCCCC1)C(C1CCCCC1)C3=O. The maximum atomic E-state index is 14.7. The quantitative estimate of drug-likeness (QED) is 0.366. The number of benzene rings is 1. The van der Waals surface area contributed by atoms with Crippen LogP contribution in [0.25, 0.3) is 17.0 Å². The molecule has 0 amide bonds. The smallest absolute Gasteiger partial charge is 0.355 e. The minimum absolute atomic E-state index is 0.0746. The van der Waals surface area contributed by atoms with E-state index in [1.54, 1.807) is 0 Å². The Balaban J connectivity index is 1.63. The normalized spacial score (nSPS) is 25.5. The molecule has 2 fully saturated rings. The minimum Gasteiger partial charge on any atom is -0.488 e. The van der Waals surface area contributed by atoms with Crippen molar-refractivity contribution < 1.29 is 18.7 Å². The molecule has 0 saturated heterocycles. The highest BCUT2D eigenvalue weighted by Gasteiger charge is 2.49. The van der Waals surface area contributed by atoms with E-state index in [1.165, 1.54) is 25.7 Å². The number of fused-ring (bicyclic) bond motifs is 6. The number of halogens is 1. The molecule has 4 aliphatic rings. The van der Waals surface area contributed by atoms with Gasteiger partial charge in [-0.15, -0.1) is 0 Å². The Morgan fingerprint density at radius 2 is 1.61 bits per heavy atom. The number of Topliss-reactive ketones (excluding diaryl/α,β-unsaturated/α-hetero) is 1. The van der Waals surface area contributed by atoms with Crippen LogP contribution in [0.3, 0.4) is 0 Å². The molecule has 3 heterocycles. The van der Waals surface area contributed by atoms with Crippen molar-refractivity contribution in [3.63, 3.8) is 0 Å². The van der Waals surface area contributed by atoms with Crippen LogP contribution in [0.2, 0.25) is 5.02 Å². The molecule has 38 heavy (non-hydrogen) atoms. The van der Waals surface area contributed by atoms with Crippen molar-refractivity contribution in [1.29, 1.82) is 0 Å². The van der Waals surface area contributed by atoms with Crippen molar-refractivity contribution in [2.75, 3.05) is 0 Å². The lowest BCUT2D eigenvalue weighted by molar-refractivity contribution is 0.0111. The maximum Gasteiger partial charge on any atom is 0.355 e. The molecule has 0 N–H and O–H groups in total. The third kappa shape index (κ3) is 4.29. The van der Waals surface area contributed by atoms with Gasteiger partial charge >= 0.3 is 5.63 Å². The molecule has 2 atom stereocenters. The van der Waals surface area contributed by atoms with Gasteiger partial charge in [0.25, 0.3) is 0 Å². The second-order valence-corrected chi connectivity index (χ2v) is 12.8. The molecule has 1 aromatic carbocycles. The van der Waals surface area contributed by atoms with Gasteiger partial charge in [-0.25, -0.2) is 4.79 Å². The van der Waals surface area contributed by atoms with Crippen LogP contribution < -0.4 is 15.1 Å². The fourth-order valence-corrected chi connectivity index (χ4v) is 7.70. The molecule has 6 heteroatoms. The highest BCUT2D eigenvalue weighted by Crippen LogP contribution is 2.53. The van der Waals surface area contributed by atoms with E-state index in [9.17, 15) is 9.59 Å². The molecule has 0 radical (unpaired) electrons. The Hall–Kier alpha value is -2.27. The van der Waals surface area contributed by atoms with E-state index >= 15 is 0 Å². The average molecular weight is 539 g/mol. The standard InChI is InChI=1S/C32H39ClO5/c1-4-11-20-23-29-21(16-17-32(2,3)38-29)28-24(30(23)37-31(35)25(20)33)26(34)22(18-12-7-5-8-13-18)27(36-28)19-14-9-6-10-15-19/h16-19,22,27H,4-15H2,1-3H3. The van der Waals surface area contributed by atoms with Gasteiger partial charge in [0, 0.05) is 0 Å². The van der Waals surface area contributed by atoms with Gasteiger partial charge < -0.3 is 13.9 Å². The van der Waals surface area contributed by atoms with Crippen LogP contribution in [-0.4, -0.2) is 17.5 Å². The molecule has 0 bridgehead atoms. The van der Waals surface area contributed by atoms with E-state index in [0.29, 0.717) is 46.3 Å². The number of carbonyl (C=O) groups excluding carboxylic acids is 1. The topological polar surface area (TPSA) is 65.7 Å². The van der Waals surface area contributed by atoms with E-state index in [0.717, 1.165) is 50.5 Å². The Bertz CT molecular complexity index is 1340. The molecule has 204 valence electrons. The van der Waals surface area contributed by atoms with Crippen LogP contribution in [0.5, 0.6) is 11.5 Å². The predicted molar refractivity (Wildman–Crippen MR) is 151 cm³/mol. The predicted octanol–water partition coefficient (Wildman–Crippen LogP) is 8.30. The van der Waals surface area contributed by atoms with Crippen LogP contribution in [0.1, 0.15) is 113 Å². The van der Waals surface area contributed by atoms with Crippen LogP contribution in [0.15, 0.2) is 15.3 Å². The lowest BCUT2D eigenvalue weighted by Gasteiger charge is -2.44. The largest absolute Gasteiger partial charge is 0.488 e. The molecular weight excluding hydrogens is 500 g/mol. The zero-order valence-corrected chi connectivity index (χ0v) is 23.6. The van der Waals surface area contributed by atoms with Crippen molar-refractivity contribution in [2.24, 2.45) is 17.8 Å². The summed E-state index contributed by atoms with van der Waals surface area (Å²) in [5.41, 5.74) is 1.00. The van der Waals surface area contributed by atoms with Crippen molar-refractivity contribution in [3.05, 3.63) is 38.2 Å². The first-order chi connectivity index (χ1) is 18.3. The Labute approximate surface area is 229 Å². The molecule has 5 nitrogen and oxygen atoms in total. The van der Waals surface area contributed by atoms with Crippen molar-refractivity contribution in [3.8, 4) is 11.5 Å². The van der Waals surface area contributed by atoms with Crippen molar-refractivity contribution >= 4 is 34.4 Å². The molecule has 0 spiro atoms. The number of hydrogen-bond acceptors (Lipinski definition) is 5. The van der Waals surface area contributed by atoms with E-state index in [2.05, 4.69) is 6.92 Å². The van der Waals surface area contributed by atoms with Crippen LogP contribution in [0.4, 0.5) is 0 Å². The first-order valence-electron chi connectivity index (χ1n) is 14.7. The van der Waals surface area contributed by atoms with E-state index < -0.39 is 11.2 Å². The molecule has 2 aliphatic heterocycles. The summed E-state index contributed by atoms with van der Waals surface area (Å²) in [4.78, 5) is 27.7. The summed E-state index contributed by atoms with van der Waals surface area (Å²) in [5.74, 6) is 1.64. The molecule has 2 aliphatic carbocycles. The molecular formula is C32H39ClO5. The average Bonchev–Trinajstić information content (AvgIpc) is 2.91. The number of aryl methyl sites for hydroxylation is 1. The third-order valence-corrected chi connectivity index (χ3v) is 9.67. The molecule has 2 aromatic rings. The van der Waals surface area contributed by atoms with E-state index in [-0.39, 0.29) is 28.4 Å². The summed E-state index contributed by atoms with van der Waals surface area (Å²) in [5, 5.41) is 0.726. The Kier molecular flexibility index (Phi) is 6.86. The number of carbonyl (C=O) groups is 1. The van der Waals surface area contributed by atoms with Gasteiger partial charge in [0.15, 0.2) is 11.4 Å². The van der Waals surface area contributed by atoms with Gasteiger partial charge in [0.1, 0.15) is 33.8 Å². The molecule has 6 rings (SSSR count). The monoisotopic (exact) mass is 538 g/mol. The summed E-state index contributed by atoms with van der Waals surface area (Å²) >= 11 is 6.56. The zero-order chi connectivity index (χ0) is 26.6. The molecule has 2 saturated carbocycles. The molecule has 1 aromatic heterocycles. The van der Waals surface area contributed by atoms with Crippen LogP contribution in [0, 0.1) is 17.8 Å². The lowest BCUT2D eigenvalue weighted by atomic mass is 9.67. The highest BCUT2D eigenvalue weighted by atomic mass is 35.5. The summed E-state index contributed by atoms with van der Waals surface area (Å²) in [6.07, 6.45) is 16.7. The lowest BCUT2D eigenvalue weighted by Crippen LogP contribution is -2.47. The fraction of sp³-hybridized carbons (Fsp3) is 0.625. The minimum atomic E-state index is -0.605. The maximum absolute atomic E-state index is 14.7. The Morgan fingerprint density at radius 3 is 2.26 bits per heavy atom. The number of rotatable bonds is 4. The van der Waals surface area contributed by atoms with E-state index in [1.807, 2.05) is 26.0 Å². The number of ether oxygens (including phenoxy) is 2. The fourth-order valence-electron chi connectivity index (χ4n) is 7.47. The van der Waals surface area contributed by atoms with Gasteiger partial charge in [-0.1, -0.05) is 63.5 Å². The third-order valence-electron chi connectivity index (χ3n) is 9.28. The number of hydrogen-bond donors (Lipinski definition) is 0. The highest BCUT2D eigenvalue weighted by molar-refractivity contribution is 6.32. The van der Waals surface area contributed by atoms with Gasteiger partial charge in [-0.2, -0.15) is 0 Å². The molecule has 2 unspecified atom stereocenters. The van der Waals surface area contributed by atoms with Gasteiger partial charge in [-0.05, 0) is 75.5 Å². The summed E-state index contributed by atoms with van der Waals surface area (Å²) in [6, 6.07) is 0. The second kappa shape index (κ2) is 10.0. The summed E-state index contributed by atoms with van der Waals surface area (Å²) in [6.45, 7) is 6.04. The van der Waals surface area contributed by atoms with Crippen molar-refractivity contribution in [2.45, 2.75) is 110 Å². The summed E-state index contributed by atoms with van der Waals surface area (Å²) in [7, 11) is 0.